The summed E-state index contributed by atoms with van der Waals surface area (Å²) in [7, 11) is 0. The van der Waals surface area contributed by atoms with Crippen molar-refractivity contribution in [1.82, 2.24) is 4.90 Å². The van der Waals surface area contributed by atoms with Gasteiger partial charge in [-0.25, -0.2) is 0 Å². The number of nitrogens with zero attached hydrogens (tertiary/aromatic N) is 1. The molecule has 2 unspecified atom stereocenters. The average Bonchev–Trinajstić information content (AvgIpc) is 2.56. The molecule has 86 valence electrons. The maximum Gasteiger partial charge on any atom is 0.223 e. The van der Waals surface area contributed by atoms with Crippen LogP contribution in [0.2, 0.25) is 0 Å². The lowest BCUT2D eigenvalue weighted by atomic mass is 10.1. The van der Waals surface area contributed by atoms with Crippen LogP contribution >= 0.6 is 0 Å². The van der Waals surface area contributed by atoms with E-state index in [2.05, 4.69) is 0 Å². The van der Waals surface area contributed by atoms with Crippen LogP contribution in [0.3, 0.4) is 0 Å². The Morgan fingerprint density at radius 1 is 1.67 bits per heavy atom. The lowest BCUT2D eigenvalue weighted by Gasteiger charge is -2.18. The van der Waals surface area contributed by atoms with E-state index in [1.54, 1.807) is 4.90 Å². The van der Waals surface area contributed by atoms with Crippen LogP contribution in [0.4, 0.5) is 0 Å². The summed E-state index contributed by atoms with van der Waals surface area (Å²) < 4.78 is 0. The summed E-state index contributed by atoms with van der Waals surface area (Å²) in [5.74, 6) is -0.678. The number of carbonyl (C=O) groups excluding carboxylic acids is 2. The molecule has 0 saturated carbocycles. The first-order valence-corrected chi connectivity index (χ1v) is 5.37. The third-order valence-electron chi connectivity index (χ3n) is 2.91. The average molecular weight is 213 g/mol. The van der Waals surface area contributed by atoms with Gasteiger partial charge in [-0.05, 0) is 12.8 Å². The predicted octanol–water partition coefficient (Wildman–Crippen LogP) is -0.552. The normalized spacial score (nSPS) is 23.2. The van der Waals surface area contributed by atoms with Gasteiger partial charge in [0.15, 0.2) is 0 Å². The summed E-state index contributed by atoms with van der Waals surface area (Å²) in [6, 6.07) is 0.130. The Hall–Kier alpha value is -1.10. The first-order chi connectivity index (χ1) is 7.04. The summed E-state index contributed by atoms with van der Waals surface area (Å²) in [4.78, 5) is 24.1. The number of carbonyl (C=O) groups is 2. The molecule has 1 aliphatic heterocycles. The van der Waals surface area contributed by atoms with Crippen LogP contribution in [0.5, 0.6) is 0 Å². The van der Waals surface area contributed by atoms with Gasteiger partial charge in [0.25, 0.3) is 0 Å². The third kappa shape index (κ3) is 3.20. The second kappa shape index (κ2) is 5.11. The zero-order valence-electron chi connectivity index (χ0n) is 9.11. The molecule has 0 aromatic rings. The molecule has 0 spiro atoms. The van der Waals surface area contributed by atoms with Crippen molar-refractivity contribution >= 4 is 11.8 Å². The molecule has 5 nitrogen and oxygen atoms in total. The summed E-state index contributed by atoms with van der Waals surface area (Å²) >= 11 is 0. The first kappa shape index (κ1) is 12.0. The number of nitrogens with two attached hydrogens (primary N) is 2. The third-order valence-corrected chi connectivity index (χ3v) is 2.91. The molecule has 15 heavy (non-hydrogen) atoms. The van der Waals surface area contributed by atoms with E-state index >= 15 is 0 Å². The maximum absolute atomic E-state index is 11.5. The lowest BCUT2D eigenvalue weighted by Crippen LogP contribution is -2.32. The van der Waals surface area contributed by atoms with Crippen LogP contribution in [0.15, 0.2) is 0 Å². The largest absolute Gasteiger partial charge is 0.369 e. The van der Waals surface area contributed by atoms with E-state index in [1.807, 2.05) is 6.92 Å². The summed E-state index contributed by atoms with van der Waals surface area (Å²) in [5, 5.41) is 0. The summed E-state index contributed by atoms with van der Waals surface area (Å²) in [6.45, 7) is 3.12. The van der Waals surface area contributed by atoms with E-state index < -0.39 is 0 Å². The molecule has 0 aromatic heterocycles. The molecule has 1 heterocycles. The number of amides is 2. The summed E-state index contributed by atoms with van der Waals surface area (Å²) in [5.41, 5.74) is 10.9. The van der Waals surface area contributed by atoms with E-state index in [-0.39, 0.29) is 30.2 Å². The van der Waals surface area contributed by atoms with Crippen LogP contribution in [0, 0.1) is 5.92 Å². The number of likely N-dealkylation sites (tertiary alicyclic amines) is 1. The van der Waals surface area contributed by atoms with Gasteiger partial charge in [0.05, 0.1) is 5.92 Å². The number of hydrogen-bond donors (Lipinski definition) is 2. The standard InChI is InChI=1S/C10H19N3O2/c1-2-8(11)3-4-13-6-7(10(12)15)5-9(13)14/h7-8H,2-6,11H2,1H3,(H2,12,15). The Balaban J connectivity index is 2.37. The zero-order valence-corrected chi connectivity index (χ0v) is 9.11. The van der Waals surface area contributed by atoms with Crippen LogP contribution in [0.1, 0.15) is 26.2 Å². The Kier molecular flexibility index (Phi) is 4.08. The number of rotatable bonds is 5. The van der Waals surface area contributed by atoms with E-state index in [0.29, 0.717) is 13.1 Å². The fourth-order valence-electron chi connectivity index (χ4n) is 1.70. The molecule has 2 amide bonds. The number of primary amides is 1. The highest BCUT2D eigenvalue weighted by molar-refractivity contribution is 5.88. The highest BCUT2D eigenvalue weighted by Gasteiger charge is 2.32. The molecule has 1 aliphatic rings. The van der Waals surface area contributed by atoms with E-state index in [1.165, 1.54) is 0 Å². The molecular weight excluding hydrogens is 194 g/mol. The number of hydrogen-bond acceptors (Lipinski definition) is 3. The Morgan fingerprint density at radius 2 is 2.33 bits per heavy atom. The first-order valence-electron chi connectivity index (χ1n) is 5.37. The lowest BCUT2D eigenvalue weighted by molar-refractivity contribution is -0.128. The van der Waals surface area contributed by atoms with Gasteiger partial charge in [-0.2, -0.15) is 0 Å². The van der Waals surface area contributed by atoms with Gasteiger partial charge in [0.1, 0.15) is 0 Å². The summed E-state index contributed by atoms with van der Waals surface area (Å²) in [6.07, 6.45) is 1.95. The van der Waals surface area contributed by atoms with Crippen LogP contribution < -0.4 is 11.5 Å². The van der Waals surface area contributed by atoms with Crippen molar-refractivity contribution in [2.24, 2.45) is 17.4 Å². The van der Waals surface area contributed by atoms with Crippen LogP contribution in [0.25, 0.3) is 0 Å². The Morgan fingerprint density at radius 3 is 2.80 bits per heavy atom. The highest BCUT2D eigenvalue weighted by Crippen LogP contribution is 2.17. The smallest absolute Gasteiger partial charge is 0.223 e. The maximum atomic E-state index is 11.5. The Labute approximate surface area is 89.8 Å². The topological polar surface area (TPSA) is 89.4 Å². The van der Waals surface area contributed by atoms with Crippen molar-refractivity contribution in [2.45, 2.75) is 32.2 Å². The fourth-order valence-corrected chi connectivity index (χ4v) is 1.70. The second-order valence-corrected chi connectivity index (χ2v) is 4.10. The van der Waals surface area contributed by atoms with E-state index in [4.69, 9.17) is 11.5 Å². The molecule has 4 N–H and O–H groups in total. The van der Waals surface area contributed by atoms with E-state index in [9.17, 15) is 9.59 Å². The quantitative estimate of drug-likeness (QED) is 0.642. The Bertz CT molecular complexity index is 255. The van der Waals surface area contributed by atoms with Crippen molar-refractivity contribution in [3.8, 4) is 0 Å². The molecule has 0 aliphatic carbocycles. The SMILES string of the molecule is CCC(N)CCN1CC(C(N)=O)CC1=O. The van der Waals surface area contributed by atoms with Gasteiger partial charge in [0.2, 0.25) is 11.8 Å². The molecule has 1 rings (SSSR count). The fraction of sp³-hybridized carbons (Fsp3) is 0.800. The molecule has 2 atom stereocenters. The van der Waals surface area contributed by atoms with Gasteiger partial charge >= 0.3 is 0 Å². The van der Waals surface area contributed by atoms with Gasteiger partial charge in [0, 0.05) is 25.6 Å². The van der Waals surface area contributed by atoms with Crippen molar-refractivity contribution in [3.05, 3.63) is 0 Å². The van der Waals surface area contributed by atoms with Gasteiger partial charge in [-0.1, -0.05) is 6.92 Å². The predicted molar refractivity (Wildman–Crippen MR) is 56.8 cm³/mol. The molecular formula is C10H19N3O2. The zero-order chi connectivity index (χ0) is 11.4. The van der Waals surface area contributed by atoms with Crippen LogP contribution in [-0.2, 0) is 9.59 Å². The van der Waals surface area contributed by atoms with Crippen molar-refractivity contribution < 1.29 is 9.59 Å². The molecule has 1 fully saturated rings. The molecule has 0 radical (unpaired) electrons. The second-order valence-electron chi connectivity index (χ2n) is 4.10. The van der Waals surface area contributed by atoms with Crippen molar-refractivity contribution in [3.63, 3.8) is 0 Å². The monoisotopic (exact) mass is 213 g/mol. The molecule has 0 bridgehead atoms. The molecule has 0 aromatic carbocycles. The van der Waals surface area contributed by atoms with Gasteiger partial charge in [-0.3, -0.25) is 9.59 Å². The molecule has 1 saturated heterocycles. The van der Waals surface area contributed by atoms with Gasteiger partial charge in [-0.15, -0.1) is 0 Å². The highest BCUT2D eigenvalue weighted by atomic mass is 16.2. The van der Waals surface area contributed by atoms with E-state index in [0.717, 1.165) is 12.8 Å². The van der Waals surface area contributed by atoms with Crippen molar-refractivity contribution in [2.75, 3.05) is 13.1 Å². The minimum absolute atomic E-state index is 0.0158. The van der Waals surface area contributed by atoms with Gasteiger partial charge < -0.3 is 16.4 Å². The minimum Gasteiger partial charge on any atom is -0.369 e. The van der Waals surface area contributed by atoms with Crippen LogP contribution in [-0.4, -0.2) is 35.8 Å². The van der Waals surface area contributed by atoms with Crippen molar-refractivity contribution in [1.29, 1.82) is 0 Å². The minimum atomic E-state index is -0.384. The molecule has 5 heteroatoms.